The van der Waals surface area contributed by atoms with E-state index in [-0.39, 0.29) is 34.7 Å². The van der Waals surface area contributed by atoms with Gasteiger partial charge in [-0.2, -0.15) is 13.2 Å². The van der Waals surface area contributed by atoms with Gasteiger partial charge in [0.05, 0.1) is 23.1 Å². The van der Waals surface area contributed by atoms with Gasteiger partial charge < -0.3 is 15.1 Å². The van der Waals surface area contributed by atoms with E-state index in [9.17, 15) is 22.8 Å². The Bertz CT molecular complexity index is 893. The number of furan rings is 1. The summed E-state index contributed by atoms with van der Waals surface area (Å²) < 4.78 is 45.4. The highest BCUT2D eigenvalue weighted by atomic mass is 19.4. The molecule has 2 aromatic rings. The zero-order valence-corrected chi connectivity index (χ0v) is 14.9. The molecule has 8 heteroatoms. The molecule has 3 unspecified atom stereocenters. The Kier molecular flexibility index (Phi) is 4.64. The second-order valence-corrected chi connectivity index (χ2v) is 7.49. The highest BCUT2D eigenvalue weighted by molar-refractivity contribution is 6.04. The Balaban J connectivity index is 1.53. The van der Waals surface area contributed by atoms with E-state index in [1.807, 2.05) is 0 Å². The van der Waals surface area contributed by atoms with Crippen LogP contribution in [0.4, 0.5) is 24.5 Å². The number of hydrogen-bond donors (Lipinski definition) is 2. The quantitative estimate of drug-likeness (QED) is 0.775. The fourth-order valence-corrected chi connectivity index (χ4v) is 4.35. The molecule has 0 saturated heterocycles. The third kappa shape index (κ3) is 3.63. The minimum absolute atomic E-state index is 0.0172. The molecule has 2 amide bonds. The van der Waals surface area contributed by atoms with E-state index in [2.05, 4.69) is 10.6 Å². The normalized spacial score (nSPS) is 23.6. The molecule has 0 radical (unpaired) electrons. The molecular weight excluding hydrogens is 373 g/mol. The van der Waals surface area contributed by atoms with Crippen molar-refractivity contribution in [2.75, 3.05) is 10.6 Å². The third-order valence-corrected chi connectivity index (χ3v) is 5.70. The van der Waals surface area contributed by atoms with E-state index in [4.69, 9.17) is 4.42 Å². The zero-order chi connectivity index (χ0) is 19.9. The summed E-state index contributed by atoms with van der Waals surface area (Å²) in [6.45, 7) is 0. The second-order valence-electron chi connectivity index (χ2n) is 7.49. The maximum absolute atomic E-state index is 13.5. The van der Waals surface area contributed by atoms with E-state index in [1.165, 1.54) is 30.7 Å². The van der Waals surface area contributed by atoms with E-state index in [1.54, 1.807) is 0 Å². The highest BCUT2D eigenvalue weighted by Crippen LogP contribution is 2.49. The Morgan fingerprint density at radius 1 is 1.07 bits per heavy atom. The summed E-state index contributed by atoms with van der Waals surface area (Å²) in [6.07, 6.45) is 1.63. The molecule has 28 heavy (non-hydrogen) atoms. The lowest BCUT2D eigenvalue weighted by Gasteiger charge is -2.22. The van der Waals surface area contributed by atoms with Gasteiger partial charge in [0.15, 0.2) is 0 Å². The van der Waals surface area contributed by atoms with Gasteiger partial charge >= 0.3 is 6.18 Å². The number of rotatable bonds is 4. The van der Waals surface area contributed by atoms with Crippen molar-refractivity contribution in [1.82, 2.24) is 0 Å². The molecule has 148 valence electrons. The molecule has 2 fully saturated rings. The van der Waals surface area contributed by atoms with Gasteiger partial charge in [-0.15, -0.1) is 0 Å². The minimum atomic E-state index is -4.67. The monoisotopic (exact) mass is 392 g/mol. The molecule has 1 aromatic carbocycles. The van der Waals surface area contributed by atoms with Crippen molar-refractivity contribution < 1.29 is 27.2 Å². The number of benzene rings is 1. The number of alkyl halides is 3. The van der Waals surface area contributed by atoms with Gasteiger partial charge in [0.2, 0.25) is 5.91 Å². The van der Waals surface area contributed by atoms with Crippen molar-refractivity contribution in [2.24, 2.45) is 17.8 Å². The maximum atomic E-state index is 13.5. The van der Waals surface area contributed by atoms with Crippen LogP contribution in [0.2, 0.25) is 0 Å². The Hall–Kier alpha value is -2.77. The van der Waals surface area contributed by atoms with Crippen LogP contribution in [0, 0.1) is 17.8 Å². The molecule has 1 aromatic heterocycles. The fourth-order valence-electron chi connectivity index (χ4n) is 4.35. The number of nitrogens with one attached hydrogen (secondary N) is 2. The lowest BCUT2D eigenvalue weighted by molar-refractivity contribution is -0.137. The van der Waals surface area contributed by atoms with E-state index < -0.39 is 17.6 Å². The van der Waals surface area contributed by atoms with Gasteiger partial charge in [-0.05, 0) is 55.4 Å². The van der Waals surface area contributed by atoms with Crippen LogP contribution >= 0.6 is 0 Å². The molecule has 2 bridgehead atoms. The summed E-state index contributed by atoms with van der Waals surface area (Å²) in [5.41, 5.74) is -1.10. The lowest BCUT2D eigenvalue weighted by Crippen LogP contribution is -2.28. The number of carbonyl (C=O) groups excluding carboxylic acids is 2. The van der Waals surface area contributed by atoms with Crippen LogP contribution < -0.4 is 10.6 Å². The number of fused-ring (bicyclic) bond motifs is 2. The summed E-state index contributed by atoms with van der Waals surface area (Å²) in [4.78, 5) is 24.6. The maximum Gasteiger partial charge on any atom is 0.418 e. The van der Waals surface area contributed by atoms with Crippen LogP contribution in [0.25, 0.3) is 0 Å². The molecule has 0 aliphatic heterocycles. The molecule has 3 atom stereocenters. The Labute approximate surface area is 159 Å². The van der Waals surface area contributed by atoms with E-state index >= 15 is 0 Å². The van der Waals surface area contributed by atoms with E-state index in [0.717, 1.165) is 31.7 Å². The summed E-state index contributed by atoms with van der Waals surface area (Å²) in [6, 6.07) is 4.75. The van der Waals surface area contributed by atoms with Crippen molar-refractivity contribution in [2.45, 2.75) is 31.9 Å². The molecular formula is C20H19F3N2O3. The average molecular weight is 392 g/mol. The number of halogens is 3. The van der Waals surface area contributed by atoms with Gasteiger partial charge in [-0.1, -0.05) is 6.42 Å². The second kappa shape index (κ2) is 7.00. The van der Waals surface area contributed by atoms with E-state index in [0.29, 0.717) is 5.92 Å². The standard InChI is InChI=1S/C20H19F3N2O3/c21-20(22,23)16-9-14(24-18(26)13-5-6-28-10-13)3-4-17(16)25-19(27)15-8-11-1-2-12(15)7-11/h3-6,9-12,15H,1-2,7-8H2,(H,24,26)(H,25,27). The molecule has 2 N–H and O–H groups in total. The van der Waals surface area contributed by atoms with Crippen molar-refractivity contribution in [1.29, 1.82) is 0 Å². The van der Waals surface area contributed by atoms with Crippen LogP contribution in [-0.4, -0.2) is 11.8 Å². The van der Waals surface area contributed by atoms with Crippen molar-refractivity contribution >= 4 is 23.2 Å². The van der Waals surface area contributed by atoms with Crippen LogP contribution in [0.1, 0.15) is 41.6 Å². The minimum Gasteiger partial charge on any atom is -0.472 e. The summed E-state index contributed by atoms with van der Waals surface area (Å²) in [5, 5.41) is 4.87. The van der Waals surface area contributed by atoms with Gasteiger partial charge in [0.1, 0.15) is 6.26 Å². The SMILES string of the molecule is O=C(Nc1ccc(NC(=O)C2CC3CCC2C3)c(C(F)(F)F)c1)c1ccoc1. The molecule has 1 heterocycles. The summed E-state index contributed by atoms with van der Waals surface area (Å²) in [7, 11) is 0. The van der Waals surface area contributed by atoms with Crippen molar-refractivity contribution in [3.8, 4) is 0 Å². The number of carbonyl (C=O) groups is 2. The predicted octanol–water partition coefficient (Wildman–Crippen LogP) is 4.93. The zero-order valence-electron chi connectivity index (χ0n) is 14.9. The van der Waals surface area contributed by atoms with Crippen LogP contribution in [-0.2, 0) is 11.0 Å². The van der Waals surface area contributed by atoms with Crippen molar-refractivity contribution in [3.05, 3.63) is 47.9 Å². The number of hydrogen-bond acceptors (Lipinski definition) is 3. The average Bonchev–Trinajstić information content (AvgIpc) is 3.39. The largest absolute Gasteiger partial charge is 0.472 e. The number of amides is 2. The molecule has 0 spiro atoms. The summed E-state index contributed by atoms with van der Waals surface area (Å²) in [5.74, 6) is -0.370. The first-order chi connectivity index (χ1) is 13.3. The van der Waals surface area contributed by atoms with Crippen LogP contribution in [0.15, 0.2) is 41.2 Å². The van der Waals surface area contributed by atoms with Gasteiger partial charge in [-0.25, -0.2) is 0 Å². The molecule has 4 rings (SSSR count). The molecule has 5 nitrogen and oxygen atoms in total. The lowest BCUT2D eigenvalue weighted by atomic mass is 9.88. The van der Waals surface area contributed by atoms with Crippen LogP contribution in [0.3, 0.4) is 0 Å². The van der Waals surface area contributed by atoms with Gasteiger partial charge in [0, 0.05) is 11.6 Å². The smallest absolute Gasteiger partial charge is 0.418 e. The van der Waals surface area contributed by atoms with Crippen molar-refractivity contribution in [3.63, 3.8) is 0 Å². The number of anilines is 2. The molecule has 2 aliphatic rings. The Morgan fingerprint density at radius 2 is 1.89 bits per heavy atom. The third-order valence-electron chi connectivity index (χ3n) is 5.70. The van der Waals surface area contributed by atoms with Crippen LogP contribution in [0.5, 0.6) is 0 Å². The first-order valence-corrected chi connectivity index (χ1v) is 9.17. The topological polar surface area (TPSA) is 71.3 Å². The molecule has 2 aliphatic carbocycles. The summed E-state index contributed by atoms with van der Waals surface area (Å²) >= 11 is 0. The predicted molar refractivity (Wildman–Crippen MR) is 95.7 cm³/mol. The fraction of sp³-hybridized carbons (Fsp3) is 0.400. The van der Waals surface area contributed by atoms with Gasteiger partial charge in [-0.3, -0.25) is 9.59 Å². The Morgan fingerprint density at radius 3 is 2.50 bits per heavy atom. The first kappa shape index (κ1) is 18.6. The first-order valence-electron chi connectivity index (χ1n) is 9.17. The van der Waals surface area contributed by atoms with Gasteiger partial charge in [0.25, 0.3) is 5.91 Å². The highest BCUT2D eigenvalue weighted by Gasteiger charge is 2.43. The molecule has 2 saturated carbocycles.